The first-order chi connectivity index (χ1) is 17.9. The third-order valence-corrected chi connectivity index (χ3v) is 10.9. The Morgan fingerprint density at radius 2 is 1.53 bits per heavy atom. The molecule has 1 aliphatic heterocycles. The molecule has 5 heteroatoms. The maximum absolute atomic E-state index is 13.9. The second-order valence-corrected chi connectivity index (χ2v) is 14.3. The maximum atomic E-state index is 13.9. The van der Waals surface area contributed by atoms with E-state index in [1.807, 2.05) is 11.3 Å². The van der Waals surface area contributed by atoms with Crippen LogP contribution in [0, 0.1) is 19.8 Å². The molecule has 0 radical (unpaired) electrons. The highest BCUT2D eigenvalue weighted by atomic mass is 32.1. The van der Waals surface area contributed by atoms with Gasteiger partial charge in [0, 0.05) is 31.6 Å². The predicted octanol–water partition coefficient (Wildman–Crippen LogP) is 9.99. The number of aryl methyl sites for hydroxylation is 2. The van der Waals surface area contributed by atoms with Crippen molar-refractivity contribution in [2.24, 2.45) is 5.92 Å². The van der Waals surface area contributed by atoms with Crippen LogP contribution >= 0.6 is 22.7 Å². The topological polar surface area (TPSA) is 37.4 Å². The van der Waals surface area contributed by atoms with E-state index in [-0.39, 0.29) is 23.1 Å². The van der Waals surface area contributed by atoms with Crippen molar-refractivity contribution in [1.29, 1.82) is 0 Å². The lowest BCUT2D eigenvalue weighted by Gasteiger charge is -2.21. The first kappa shape index (κ1) is 28.8. The Balaban J connectivity index is 1.80. The third-order valence-electron chi connectivity index (χ3n) is 7.81. The zero-order valence-corrected chi connectivity index (χ0v) is 26.2. The first-order valence-electron chi connectivity index (χ1n) is 14.1. The normalized spacial score (nSPS) is 14.6. The lowest BCUT2D eigenvalue weighted by atomic mass is 9.91. The number of imide groups is 1. The molecular weight excluding hydrogens is 507 g/mol. The lowest BCUT2D eigenvalue weighted by Crippen LogP contribution is -2.34. The van der Waals surface area contributed by atoms with Crippen molar-refractivity contribution in [3.63, 3.8) is 0 Å². The van der Waals surface area contributed by atoms with Crippen molar-refractivity contribution < 1.29 is 9.59 Å². The first-order valence-corrected chi connectivity index (χ1v) is 15.8. The maximum Gasteiger partial charge on any atom is 0.262 e. The molecular formula is C33H43NO2S2. The average molecular weight is 550 g/mol. The molecule has 1 aromatic carbocycles. The van der Waals surface area contributed by atoms with Crippen LogP contribution in [0.15, 0.2) is 24.3 Å². The number of fused-ring (bicyclic) bond motifs is 1. The summed E-state index contributed by atoms with van der Waals surface area (Å²) >= 11 is 3.62. The van der Waals surface area contributed by atoms with Gasteiger partial charge in [-0.3, -0.25) is 14.5 Å². The van der Waals surface area contributed by atoms with Crippen LogP contribution in [-0.2, 0) is 5.41 Å². The molecule has 1 aliphatic rings. The van der Waals surface area contributed by atoms with Crippen LogP contribution in [-0.4, -0.2) is 23.3 Å². The minimum absolute atomic E-state index is 0.108. The van der Waals surface area contributed by atoms with E-state index >= 15 is 0 Å². The van der Waals surface area contributed by atoms with Gasteiger partial charge < -0.3 is 0 Å². The Morgan fingerprint density at radius 1 is 0.895 bits per heavy atom. The Bertz CT molecular complexity index is 1350. The molecule has 2 amide bonds. The number of nitrogens with zero attached hydrogens (tertiary/aromatic N) is 1. The number of benzene rings is 1. The number of rotatable bonds is 9. The number of hydrogen-bond donors (Lipinski definition) is 0. The van der Waals surface area contributed by atoms with Gasteiger partial charge in [-0.15, -0.1) is 22.7 Å². The van der Waals surface area contributed by atoms with E-state index in [0.717, 1.165) is 41.7 Å². The highest BCUT2D eigenvalue weighted by Crippen LogP contribution is 2.47. The van der Waals surface area contributed by atoms with Crippen molar-refractivity contribution in [1.82, 2.24) is 4.90 Å². The highest BCUT2D eigenvalue weighted by molar-refractivity contribution is 7.24. The molecule has 0 N–H and O–H groups in total. The van der Waals surface area contributed by atoms with Gasteiger partial charge in [-0.2, -0.15) is 0 Å². The van der Waals surface area contributed by atoms with Crippen LogP contribution in [0.4, 0.5) is 0 Å². The second-order valence-electron chi connectivity index (χ2n) is 12.2. The summed E-state index contributed by atoms with van der Waals surface area (Å²) in [6, 6.07) is 8.67. The Labute approximate surface area is 237 Å². The van der Waals surface area contributed by atoms with E-state index in [4.69, 9.17) is 0 Å². The van der Waals surface area contributed by atoms with Crippen LogP contribution in [0.25, 0.3) is 20.2 Å². The molecule has 1 atom stereocenters. The summed E-state index contributed by atoms with van der Waals surface area (Å²) in [5.41, 5.74) is 5.74. The number of thiophene rings is 2. The van der Waals surface area contributed by atoms with Crippen molar-refractivity contribution in [2.45, 2.75) is 99.3 Å². The van der Waals surface area contributed by atoms with Crippen LogP contribution < -0.4 is 0 Å². The quantitative estimate of drug-likeness (QED) is 0.249. The van der Waals surface area contributed by atoms with Gasteiger partial charge in [-0.1, -0.05) is 79.9 Å². The van der Waals surface area contributed by atoms with Crippen LogP contribution in [0.1, 0.15) is 122 Å². The zero-order chi connectivity index (χ0) is 27.9. The monoisotopic (exact) mass is 549 g/mol. The van der Waals surface area contributed by atoms with Gasteiger partial charge in [-0.25, -0.2) is 0 Å². The van der Waals surface area contributed by atoms with Gasteiger partial charge in [0.05, 0.1) is 11.1 Å². The summed E-state index contributed by atoms with van der Waals surface area (Å²) in [6.45, 7) is 20.2. The largest absolute Gasteiger partial charge is 0.274 e. The average Bonchev–Trinajstić information content (AvgIpc) is 3.50. The summed E-state index contributed by atoms with van der Waals surface area (Å²) in [4.78, 5) is 34.3. The van der Waals surface area contributed by atoms with E-state index in [0.29, 0.717) is 23.6 Å². The second kappa shape index (κ2) is 11.1. The molecule has 3 heterocycles. The highest BCUT2D eigenvalue weighted by Gasteiger charge is 2.41. The summed E-state index contributed by atoms with van der Waals surface area (Å²) in [7, 11) is 0. The summed E-state index contributed by atoms with van der Waals surface area (Å²) in [5.74, 6) is 0.287. The minimum atomic E-state index is -0.118. The molecule has 0 saturated carbocycles. The molecule has 0 saturated heterocycles. The molecule has 0 bridgehead atoms. The van der Waals surface area contributed by atoms with Crippen molar-refractivity contribution in [3.05, 3.63) is 57.0 Å². The SMILES string of the molecule is CCCCC(CC)CN1C(=O)c2c(-c3cc(C)c(-c4sc(C(C)(C)C)cc4C)s3)ccc(C(C)C)c2C1=O. The molecule has 204 valence electrons. The van der Waals surface area contributed by atoms with Gasteiger partial charge in [0.25, 0.3) is 11.8 Å². The van der Waals surface area contributed by atoms with Gasteiger partial charge in [0.1, 0.15) is 0 Å². The number of amides is 2. The summed E-state index contributed by atoms with van der Waals surface area (Å²) in [5, 5.41) is 0. The van der Waals surface area contributed by atoms with E-state index in [9.17, 15) is 9.59 Å². The van der Waals surface area contributed by atoms with Crippen LogP contribution in [0.3, 0.4) is 0 Å². The van der Waals surface area contributed by atoms with Gasteiger partial charge in [0.2, 0.25) is 0 Å². The molecule has 4 rings (SSSR count). The van der Waals surface area contributed by atoms with Crippen LogP contribution in [0.2, 0.25) is 0 Å². The molecule has 0 fully saturated rings. The third kappa shape index (κ3) is 5.29. The van der Waals surface area contributed by atoms with E-state index in [1.54, 1.807) is 16.2 Å². The smallest absolute Gasteiger partial charge is 0.262 e. The fourth-order valence-electron chi connectivity index (χ4n) is 5.38. The van der Waals surface area contributed by atoms with Crippen molar-refractivity contribution in [3.8, 4) is 20.2 Å². The van der Waals surface area contributed by atoms with Gasteiger partial charge in [0.15, 0.2) is 0 Å². The molecule has 38 heavy (non-hydrogen) atoms. The number of unbranched alkanes of at least 4 members (excludes halogenated alkanes) is 1. The summed E-state index contributed by atoms with van der Waals surface area (Å²) < 4.78 is 0. The fraction of sp³-hybridized carbons (Fsp3) is 0.515. The standard InChI is InChI=1S/C33H43NO2S2/c1-10-12-13-22(11-2)18-34-31(35)27-23(19(3)4)14-15-24(28(27)32(34)36)25-16-20(5)29(37-25)30-21(6)17-26(38-30)33(7,8)9/h14-17,19,22H,10-13,18H2,1-9H3. The van der Waals surface area contributed by atoms with E-state index in [1.165, 1.54) is 25.8 Å². The predicted molar refractivity (Wildman–Crippen MR) is 164 cm³/mol. The molecule has 3 nitrogen and oxygen atoms in total. The van der Waals surface area contributed by atoms with Gasteiger partial charge >= 0.3 is 0 Å². The minimum Gasteiger partial charge on any atom is -0.274 e. The van der Waals surface area contributed by atoms with Gasteiger partial charge in [-0.05, 0) is 66.3 Å². The van der Waals surface area contributed by atoms with Crippen molar-refractivity contribution >= 4 is 34.5 Å². The van der Waals surface area contributed by atoms with E-state index in [2.05, 4.69) is 86.6 Å². The fourth-order valence-corrected chi connectivity index (χ4v) is 8.07. The molecule has 3 aromatic rings. The van der Waals surface area contributed by atoms with Crippen LogP contribution in [0.5, 0.6) is 0 Å². The Morgan fingerprint density at radius 3 is 2.11 bits per heavy atom. The number of carbonyl (C=O) groups excluding carboxylic acids is 2. The lowest BCUT2D eigenvalue weighted by molar-refractivity contribution is 0.0624. The van der Waals surface area contributed by atoms with E-state index < -0.39 is 0 Å². The number of hydrogen-bond acceptors (Lipinski definition) is 4. The molecule has 0 aliphatic carbocycles. The zero-order valence-electron chi connectivity index (χ0n) is 24.6. The molecule has 0 spiro atoms. The summed E-state index contributed by atoms with van der Waals surface area (Å²) in [6.07, 6.45) is 4.28. The number of carbonyl (C=O) groups is 2. The van der Waals surface area contributed by atoms with Crippen molar-refractivity contribution in [2.75, 3.05) is 6.54 Å². The molecule has 1 unspecified atom stereocenters. The Hall–Kier alpha value is -2.24. The Kier molecular flexibility index (Phi) is 8.40. The molecule has 2 aromatic heterocycles.